The number of hydrogen-bond acceptors (Lipinski definition) is 5. The van der Waals surface area contributed by atoms with Gasteiger partial charge in [0.15, 0.2) is 0 Å². The molecule has 2 aliphatic rings. The van der Waals surface area contributed by atoms with Crippen molar-refractivity contribution in [3.63, 3.8) is 0 Å². The van der Waals surface area contributed by atoms with E-state index in [9.17, 15) is 4.79 Å². The van der Waals surface area contributed by atoms with Crippen molar-refractivity contribution in [2.45, 2.75) is 12.5 Å². The van der Waals surface area contributed by atoms with Gasteiger partial charge >= 0.3 is 5.97 Å². The first-order valence-electron chi connectivity index (χ1n) is 4.65. The Morgan fingerprint density at radius 1 is 1.31 bits per heavy atom. The van der Waals surface area contributed by atoms with Crippen molar-refractivity contribution in [1.82, 2.24) is 9.91 Å². The maximum atomic E-state index is 10.9. The summed E-state index contributed by atoms with van der Waals surface area (Å²) in [6, 6.07) is 0.293. The zero-order valence-corrected chi connectivity index (χ0v) is 7.61. The van der Waals surface area contributed by atoms with Crippen molar-refractivity contribution in [2.75, 3.05) is 32.8 Å². The van der Waals surface area contributed by atoms with E-state index in [0.717, 1.165) is 26.2 Å². The predicted molar refractivity (Wildman–Crippen MR) is 46.7 cm³/mol. The van der Waals surface area contributed by atoms with Gasteiger partial charge in [0.2, 0.25) is 0 Å². The number of nitrogens with zero attached hydrogens (tertiary/aromatic N) is 2. The molecule has 74 valence electrons. The molecule has 2 fully saturated rings. The first-order valence-corrected chi connectivity index (χ1v) is 4.65. The van der Waals surface area contributed by atoms with E-state index in [4.69, 9.17) is 10.6 Å². The van der Waals surface area contributed by atoms with Crippen LogP contribution in [0.25, 0.3) is 0 Å². The minimum absolute atomic E-state index is 0.0693. The topological polar surface area (TPSA) is 58.8 Å². The number of carbonyl (C=O) groups is 1. The molecule has 13 heavy (non-hydrogen) atoms. The largest absolute Gasteiger partial charge is 0.464 e. The minimum atomic E-state index is -0.0693. The molecule has 5 heteroatoms. The van der Waals surface area contributed by atoms with E-state index in [1.165, 1.54) is 0 Å². The summed E-state index contributed by atoms with van der Waals surface area (Å²) in [4.78, 5) is 13.2. The molecule has 2 rings (SSSR count). The maximum absolute atomic E-state index is 10.9. The molecular formula is C8H15N3O2. The molecule has 1 unspecified atom stereocenters. The number of nitrogens with two attached hydrogens (primary N) is 1. The summed E-state index contributed by atoms with van der Waals surface area (Å²) in [6.07, 6.45) is 0.546. The van der Waals surface area contributed by atoms with Crippen LogP contribution < -0.4 is 5.84 Å². The molecule has 5 nitrogen and oxygen atoms in total. The molecule has 2 N–H and O–H groups in total. The molecule has 0 amide bonds. The number of esters is 1. The summed E-state index contributed by atoms with van der Waals surface area (Å²) in [6.45, 7) is 4.20. The van der Waals surface area contributed by atoms with Crippen LogP contribution in [-0.4, -0.2) is 54.7 Å². The number of hydrogen-bond donors (Lipinski definition) is 1. The summed E-state index contributed by atoms with van der Waals surface area (Å²) < 4.78 is 4.92. The Hall–Kier alpha value is -0.650. The third-order valence-electron chi connectivity index (χ3n) is 2.70. The Labute approximate surface area is 77.4 Å². The second-order valence-corrected chi connectivity index (χ2v) is 3.61. The second-order valence-electron chi connectivity index (χ2n) is 3.61. The monoisotopic (exact) mass is 185 g/mol. The highest BCUT2D eigenvalue weighted by Crippen LogP contribution is 2.14. The first-order chi connectivity index (χ1) is 6.25. The lowest BCUT2D eigenvalue weighted by atomic mass is 10.2. The van der Waals surface area contributed by atoms with Gasteiger partial charge in [0.1, 0.15) is 6.61 Å². The van der Waals surface area contributed by atoms with Gasteiger partial charge in [0.25, 0.3) is 0 Å². The summed E-state index contributed by atoms with van der Waals surface area (Å²) in [5.41, 5.74) is 0. The number of carbonyl (C=O) groups excluding carboxylic acids is 1. The van der Waals surface area contributed by atoms with E-state index < -0.39 is 0 Å². The number of piperazine rings is 1. The van der Waals surface area contributed by atoms with Crippen LogP contribution in [0.1, 0.15) is 6.42 Å². The van der Waals surface area contributed by atoms with Crippen molar-refractivity contribution in [3.8, 4) is 0 Å². The average molecular weight is 185 g/mol. The quantitative estimate of drug-likeness (QED) is 0.410. The van der Waals surface area contributed by atoms with Crippen LogP contribution in [-0.2, 0) is 9.53 Å². The minimum Gasteiger partial charge on any atom is -0.464 e. The van der Waals surface area contributed by atoms with Gasteiger partial charge in [0, 0.05) is 26.2 Å². The zero-order chi connectivity index (χ0) is 9.26. The smallest absolute Gasteiger partial charge is 0.307 e. The second kappa shape index (κ2) is 3.61. The van der Waals surface area contributed by atoms with Crippen molar-refractivity contribution in [3.05, 3.63) is 0 Å². The number of cyclic esters (lactones) is 1. The van der Waals surface area contributed by atoms with Crippen molar-refractivity contribution in [2.24, 2.45) is 5.84 Å². The van der Waals surface area contributed by atoms with E-state index in [1.54, 1.807) is 0 Å². The van der Waals surface area contributed by atoms with Crippen LogP contribution in [0.4, 0.5) is 0 Å². The van der Waals surface area contributed by atoms with E-state index in [2.05, 4.69) is 4.90 Å². The third kappa shape index (κ3) is 1.99. The molecule has 0 aliphatic carbocycles. The fraction of sp³-hybridized carbons (Fsp3) is 0.875. The molecule has 0 radical (unpaired) electrons. The molecule has 0 spiro atoms. The van der Waals surface area contributed by atoms with Crippen LogP contribution in [0.3, 0.4) is 0 Å². The fourth-order valence-electron chi connectivity index (χ4n) is 1.84. The molecule has 0 aromatic carbocycles. The van der Waals surface area contributed by atoms with Crippen molar-refractivity contribution >= 4 is 5.97 Å². The summed E-state index contributed by atoms with van der Waals surface area (Å²) in [7, 11) is 0. The molecule has 2 aliphatic heterocycles. The fourth-order valence-corrected chi connectivity index (χ4v) is 1.84. The normalized spacial score (nSPS) is 32.1. The highest BCUT2D eigenvalue weighted by atomic mass is 16.5. The molecule has 0 aromatic rings. The van der Waals surface area contributed by atoms with Crippen LogP contribution in [0.15, 0.2) is 0 Å². The van der Waals surface area contributed by atoms with Gasteiger partial charge in [-0.2, -0.15) is 0 Å². The Kier molecular flexibility index (Phi) is 2.48. The van der Waals surface area contributed by atoms with Gasteiger partial charge in [-0.15, -0.1) is 0 Å². The van der Waals surface area contributed by atoms with E-state index in [0.29, 0.717) is 19.1 Å². The lowest BCUT2D eigenvalue weighted by Crippen LogP contribution is -2.52. The summed E-state index contributed by atoms with van der Waals surface area (Å²) in [5, 5.41) is 1.81. The van der Waals surface area contributed by atoms with Crippen molar-refractivity contribution in [1.29, 1.82) is 0 Å². The molecule has 2 heterocycles. The first kappa shape index (κ1) is 8.93. The van der Waals surface area contributed by atoms with Crippen LogP contribution >= 0.6 is 0 Å². The number of hydrazine groups is 1. The maximum Gasteiger partial charge on any atom is 0.307 e. The highest BCUT2D eigenvalue weighted by molar-refractivity contribution is 5.72. The standard InChI is InChI=1S/C8H15N3O2/c9-11-3-1-10(2-4-11)7-5-8(12)13-6-7/h7H,1-6,9H2. The third-order valence-corrected chi connectivity index (χ3v) is 2.70. The number of ether oxygens (including phenoxy) is 1. The van der Waals surface area contributed by atoms with Crippen LogP contribution in [0, 0.1) is 0 Å². The molecule has 1 atom stereocenters. The zero-order valence-electron chi connectivity index (χ0n) is 7.61. The molecule has 0 aromatic heterocycles. The molecule has 0 bridgehead atoms. The van der Waals surface area contributed by atoms with E-state index in [1.807, 2.05) is 5.01 Å². The van der Waals surface area contributed by atoms with Crippen LogP contribution in [0.2, 0.25) is 0 Å². The summed E-state index contributed by atoms with van der Waals surface area (Å²) in [5.74, 6) is 5.56. The Morgan fingerprint density at radius 3 is 2.54 bits per heavy atom. The van der Waals surface area contributed by atoms with Gasteiger partial charge < -0.3 is 4.74 Å². The Balaban J connectivity index is 1.84. The average Bonchev–Trinajstić information content (AvgIpc) is 2.53. The van der Waals surface area contributed by atoms with Gasteiger partial charge in [-0.25, -0.2) is 5.01 Å². The SMILES string of the molecule is NN1CCN(C2COC(=O)C2)CC1. The molecule has 0 saturated carbocycles. The van der Waals surface area contributed by atoms with E-state index >= 15 is 0 Å². The van der Waals surface area contributed by atoms with Gasteiger partial charge in [-0.1, -0.05) is 0 Å². The lowest BCUT2D eigenvalue weighted by Gasteiger charge is -2.34. The molecular weight excluding hydrogens is 170 g/mol. The van der Waals surface area contributed by atoms with E-state index in [-0.39, 0.29) is 5.97 Å². The summed E-state index contributed by atoms with van der Waals surface area (Å²) >= 11 is 0. The van der Waals surface area contributed by atoms with Crippen molar-refractivity contribution < 1.29 is 9.53 Å². The highest BCUT2D eigenvalue weighted by Gasteiger charge is 2.30. The Bertz CT molecular complexity index is 202. The van der Waals surface area contributed by atoms with Gasteiger partial charge in [-0.05, 0) is 0 Å². The molecule has 2 saturated heterocycles. The lowest BCUT2D eigenvalue weighted by molar-refractivity contribution is -0.137. The Morgan fingerprint density at radius 2 is 2.00 bits per heavy atom. The number of rotatable bonds is 1. The van der Waals surface area contributed by atoms with Gasteiger partial charge in [0.05, 0.1) is 12.5 Å². The predicted octanol–water partition coefficient (Wildman–Crippen LogP) is -1.21. The van der Waals surface area contributed by atoms with Crippen LogP contribution in [0.5, 0.6) is 0 Å². The van der Waals surface area contributed by atoms with Gasteiger partial charge in [-0.3, -0.25) is 15.5 Å².